The van der Waals surface area contributed by atoms with E-state index in [2.05, 4.69) is 27.6 Å². The first-order chi connectivity index (χ1) is 14.4. The molecule has 6 nitrogen and oxygen atoms in total. The van der Waals surface area contributed by atoms with Crippen molar-refractivity contribution in [2.45, 2.75) is 12.8 Å². The summed E-state index contributed by atoms with van der Waals surface area (Å²) in [5, 5.41) is 15.8. The molecule has 0 bridgehead atoms. The summed E-state index contributed by atoms with van der Waals surface area (Å²) >= 11 is 4.91. The molecular weight excluding hydrogens is 396 g/mol. The number of nitrogens with zero attached hydrogens (tertiary/aromatic N) is 2. The van der Waals surface area contributed by atoms with Gasteiger partial charge < -0.3 is 20.5 Å². The number of hydrogen-bond acceptors (Lipinski definition) is 5. The van der Waals surface area contributed by atoms with Crippen molar-refractivity contribution in [1.82, 2.24) is 10.3 Å². The number of benzene rings is 2. The van der Waals surface area contributed by atoms with E-state index in [1.807, 2.05) is 63.5 Å². The Morgan fingerprint density at radius 3 is 2.53 bits per heavy atom. The van der Waals surface area contributed by atoms with Crippen LogP contribution in [0.4, 0.5) is 0 Å². The Hall–Kier alpha value is -2.90. The molecular formula is C23H28N4O2S. The number of ether oxygens (including phenoxy) is 1. The summed E-state index contributed by atoms with van der Waals surface area (Å²) in [6.45, 7) is 2.97. The van der Waals surface area contributed by atoms with Gasteiger partial charge in [0, 0.05) is 29.7 Å². The van der Waals surface area contributed by atoms with Crippen LogP contribution < -0.4 is 15.9 Å². The van der Waals surface area contributed by atoms with E-state index in [0.29, 0.717) is 24.5 Å². The topological polar surface area (TPSA) is 83.1 Å². The van der Waals surface area contributed by atoms with Crippen molar-refractivity contribution in [1.29, 1.82) is 0 Å². The normalized spacial score (nSPS) is 15.9. The van der Waals surface area contributed by atoms with Gasteiger partial charge in [-0.1, -0.05) is 42.5 Å². The third kappa shape index (κ3) is 4.98. The fourth-order valence-electron chi connectivity index (χ4n) is 3.86. The van der Waals surface area contributed by atoms with E-state index in [-0.39, 0.29) is 22.7 Å². The molecule has 2 atom stereocenters. The van der Waals surface area contributed by atoms with E-state index >= 15 is 0 Å². The molecule has 3 rings (SSSR count). The van der Waals surface area contributed by atoms with E-state index in [0.717, 1.165) is 16.8 Å². The van der Waals surface area contributed by atoms with Crippen molar-refractivity contribution < 1.29 is 9.84 Å². The molecule has 1 heterocycles. The van der Waals surface area contributed by atoms with Gasteiger partial charge in [0.1, 0.15) is 18.1 Å². The molecule has 0 spiro atoms. The Kier molecular flexibility index (Phi) is 7.07. The number of fused-ring (bicyclic) bond motifs is 1. The molecule has 2 aromatic rings. The van der Waals surface area contributed by atoms with E-state index in [4.69, 9.17) is 22.7 Å². The highest BCUT2D eigenvalue weighted by molar-refractivity contribution is 7.80. The molecule has 2 aromatic carbocycles. The first-order valence-electron chi connectivity index (χ1n) is 9.82. The summed E-state index contributed by atoms with van der Waals surface area (Å²) in [6.07, 6.45) is 0. The zero-order chi connectivity index (χ0) is 21.7. The zero-order valence-corrected chi connectivity index (χ0v) is 18.3. The van der Waals surface area contributed by atoms with Gasteiger partial charge in [-0.25, -0.2) is 0 Å². The highest BCUT2D eigenvalue weighted by atomic mass is 32.1. The molecule has 0 radical (unpaired) electrons. The van der Waals surface area contributed by atoms with Crippen molar-refractivity contribution in [3.05, 3.63) is 71.3 Å². The minimum Gasteiger partial charge on any atom is -0.507 e. The SMILES string of the molecule is C/C(=N\NC(N)=S)[C@H](CN(C)C)[C@H](C1=C(O)c2ccccc2OC1)c1ccccc1. The Morgan fingerprint density at radius 1 is 1.20 bits per heavy atom. The number of nitrogens with one attached hydrogen (secondary N) is 1. The summed E-state index contributed by atoms with van der Waals surface area (Å²) < 4.78 is 6.01. The van der Waals surface area contributed by atoms with Gasteiger partial charge in [0.2, 0.25) is 0 Å². The average Bonchev–Trinajstić information content (AvgIpc) is 2.73. The number of aliphatic hydroxyl groups excluding tert-OH is 1. The molecule has 0 aromatic heterocycles. The van der Waals surface area contributed by atoms with Crippen LogP contribution in [0.15, 0.2) is 65.3 Å². The Balaban J connectivity index is 2.14. The van der Waals surface area contributed by atoms with Gasteiger partial charge >= 0.3 is 0 Å². The smallest absolute Gasteiger partial charge is 0.184 e. The third-order valence-corrected chi connectivity index (χ3v) is 5.30. The second-order valence-electron chi connectivity index (χ2n) is 7.65. The third-order valence-electron chi connectivity index (χ3n) is 5.21. The van der Waals surface area contributed by atoms with Crippen LogP contribution in [0.1, 0.15) is 24.0 Å². The van der Waals surface area contributed by atoms with Crippen LogP contribution in [0.5, 0.6) is 5.75 Å². The van der Waals surface area contributed by atoms with E-state index in [1.165, 1.54) is 0 Å². The lowest BCUT2D eigenvalue weighted by molar-refractivity contribution is 0.301. The van der Waals surface area contributed by atoms with Crippen molar-refractivity contribution in [2.75, 3.05) is 27.2 Å². The number of hydrogen-bond donors (Lipinski definition) is 3. The number of aliphatic hydroxyl groups is 1. The molecule has 30 heavy (non-hydrogen) atoms. The molecule has 158 valence electrons. The first kappa shape index (κ1) is 21.8. The minimum atomic E-state index is -0.140. The number of para-hydroxylation sites is 1. The number of nitrogens with two attached hydrogens (primary N) is 1. The number of thiocarbonyl (C=S) groups is 1. The Bertz CT molecular complexity index is 957. The number of rotatable bonds is 7. The molecule has 4 N–H and O–H groups in total. The van der Waals surface area contributed by atoms with Crippen molar-refractivity contribution in [3.63, 3.8) is 0 Å². The van der Waals surface area contributed by atoms with Gasteiger partial charge in [0.05, 0.1) is 5.56 Å². The van der Waals surface area contributed by atoms with Crippen LogP contribution in [0.25, 0.3) is 5.76 Å². The largest absolute Gasteiger partial charge is 0.507 e. The number of hydrazone groups is 1. The van der Waals surface area contributed by atoms with Crippen LogP contribution >= 0.6 is 12.2 Å². The predicted octanol–water partition coefficient (Wildman–Crippen LogP) is 3.52. The standard InChI is InChI=1S/C23H28N4O2S/c1-15(25-26-23(24)30)18(13-27(2)3)21(16-9-5-4-6-10-16)19-14-29-20-12-8-7-11-17(20)22(19)28/h4-12,18,21,28H,13-14H2,1-3H3,(H3,24,26,30)/b25-15+/t18-,21+/m0/s1. The summed E-state index contributed by atoms with van der Waals surface area (Å²) in [4.78, 5) is 2.11. The maximum absolute atomic E-state index is 11.2. The minimum absolute atomic E-state index is 0.0461. The van der Waals surface area contributed by atoms with Crippen LogP contribution in [-0.2, 0) is 0 Å². The van der Waals surface area contributed by atoms with Crippen LogP contribution in [0.2, 0.25) is 0 Å². The summed E-state index contributed by atoms with van der Waals surface area (Å²) in [7, 11) is 4.04. The highest BCUT2D eigenvalue weighted by Gasteiger charge is 2.34. The summed E-state index contributed by atoms with van der Waals surface area (Å²) in [5.74, 6) is 0.772. The van der Waals surface area contributed by atoms with E-state index in [1.54, 1.807) is 0 Å². The van der Waals surface area contributed by atoms with Crippen molar-refractivity contribution >= 4 is 28.8 Å². The van der Waals surface area contributed by atoms with Crippen LogP contribution in [0, 0.1) is 5.92 Å². The summed E-state index contributed by atoms with van der Waals surface area (Å²) in [5.41, 5.74) is 11.7. The molecule has 7 heteroatoms. The zero-order valence-electron chi connectivity index (χ0n) is 17.5. The van der Waals surface area contributed by atoms with Gasteiger partial charge in [0.25, 0.3) is 0 Å². The Morgan fingerprint density at radius 2 is 1.87 bits per heavy atom. The molecule has 0 amide bonds. The first-order valence-corrected chi connectivity index (χ1v) is 10.2. The van der Waals surface area contributed by atoms with Crippen LogP contribution in [-0.4, -0.2) is 48.1 Å². The maximum Gasteiger partial charge on any atom is 0.184 e. The van der Waals surface area contributed by atoms with Gasteiger partial charge in [-0.2, -0.15) is 5.10 Å². The molecule has 0 unspecified atom stereocenters. The molecule has 0 fully saturated rings. The predicted molar refractivity (Wildman–Crippen MR) is 126 cm³/mol. The monoisotopic (exact) mass is 424 g/mol. The van der Waals surface area contributed by atoms with E-state index in [9.17, 15) is 5.11 Å². The van der Waals surface area contributed by atoms with Crippen molar-refractivity contribution in [3.8, 4) is 5.75 Å². The fourth-order valence-corrected chi connectivity index (χ4v) is 3.90. The second-order valence-corrected chi connectivity index (χ2v) is 8.08. The quantitative estimate of drug-likeness (QED) is 0.358. The fraction of sp³-hybridized carbons (Fsp3) is 0.304. The molecule has 0 saturated carbocycles. The molecule has 0 aliphatic carbocycles. The van der Waals surface area contributed by atoms with Crippen molar-refractivity contribution in [2.24, 2.45) is 16.8 Å². The lowest BCUT2D eigenvalue weighted by atomic mass is 9.76. The lowest BCUT2D eigenvalue weighted by Crippen LogP contribution is -2.36. The maximum atomic E-state index is 11.2. The lowest BCUT2D eigenvalue weighted by Gasteiger charge is -2.34. The van der Waals surface area contributed by atoms with Gasteiger partial charge in [-0.3, -0.25) is 5.43 Å². The molecule has 1 aliphatic heterocycles. The van der Waals surface area contributed by atoms with E-state index < -0.39 is 0 Å². The molecule has 0 saturated heterocycles. The molecule has 1 aliphatic rings. The van der Waals surface area contributed by atoms with Crippen LogP contribution in [0.3, 0.4) is 0 Å². The highest BCUT2D eigenvalue weighted by Crippen LogP contribution is 2.41. The second kappa shape index (κ2) is 9.73. The van der Waals surface area contributed by atoms with Gasteiger partial charge in [0.15, 0.2) is 5.11 Å². The van der Waals surface area contributed by atoms with Gasteiger partial charge in [-0.05, 0) is 50.9 Å². The Labute approximate surface area is 183 Å². The summed E-state index contributed by atoms with van der Waals surface area (Å²) in [6, 6.07) is 17.7. The average molecular weight is 425 g/mol. The van der Waals surface area contributed by atoms with Gasteiger partial charge in [-0.15, -0.1) is 0 Å².